The molecule has 3 aromatic rings. The maximum Gasteiger partial charge on any atom is 0.164 e. The molecule has 0 fully saturated rings. The Morgan fingerprint density at radius 3 is 2.41 bits per heavy atom. The molecule has 0 N–H and O–H groups in total. The predicted octanol–water partition coefficient (Wildman–Crippen LogP) is 6.42. The fourth-order valence-electron chi connectivity index (χ4n) is 4.19. The molecule has 0 atom stereocenters. The first-order valence-corrected chi connectivity index (χ1v) is 10.8. The van der Waals surface area contributed by atoms with E-state index in [0.717, 1.165) is 53.6 Å². The first-order chi connectivity index (χ1) is 15.5. The molecular formula is C27H26F3NO. The third-order valence-corrected chi connectivity index (χ3v) is 6.10. The van der Waals surface area contributed by atoms with E-state index in [2.05, 4.69) is 29.2 Å². The lowest BCUT2D eigenvalue weighted by Crippen LogP contribution is -2.30. The standard InChI is InChI=1S/C27H26F3NO/c1-18-26(29)23(17-24(28)27(18)30)20-10-13-31(14-11-20)15-12-22-16-21(8-9-25(22)32-2)19-6-4-3-5-7-19/h3-10,16-17H,11-15H2,1-2H3. The van der Waals surface area contributed by atoms with Crippen LogP contribution in [0.2, 0.25) is 0 Å². The zero-order valence-electron chi connectivity index (χ0n) is 18.3. The quantitative estimate of drug-likeness (QED) is 0.413. The lowest BCUT2D eigenvalue weighted by atomic mass is 9.96. The van der Waals surface area contributed by atoms with E-state index in [4.69, 9.17) is 4.74 Å². The minimum Gasteiger partial charge on any atom is -0.496 e. The van der Waals surface area contributed by atoms with E-state index in [0.29, 0.717) is 13.0 Å². The minimum absolute atomic E-state index is 0.165. The van der Waals surface area contributed by atoms with Gasteiger partial charge in [0.05, 0.1) is 7.11 Å². The monoisotopic (exact) mass is 437 g/mol. The lowest BCUT2D eigenvalue weighted by Gasteiger charge is -2.27. The first-order valence-electron chi connectivity index (χ1n) is 10.8. The predicted molar refractivity (Wildman–Crippen MR) is 122 cm³/mol. The summed E-state index contributed by atoms with van der Waals surface area (Å²) in [6.07, 6.45) is 3.31. The number of hydrogen-bond donors (Lipinski definition) is 0. The average Bonchev–Trinajstić information content (AvgIpc) is 2.84. The maximum absolute atomic E-state index is 14.5. The van der Waals surface area contributed by atoms with Crippen LogP contribution in [0, 0.1) is 24.4 Å². The summed E-state index contributed by atoms with van der Waals surface area (Å²) in [6.45, 7) is 3.44. The molecule has 0 amide bonds. The molecule has 5 heteroatoms. The smallest absolute Gasteiger partial charge is 0.164 e. The Hall–Kier alpha value is -3.05. The normalized spacial score (nSPS) is 14.3. The Morgan fingerprint density at radius 1 is 0.938 bits per heavy atom. The van der Waals surface area contributed by atoms with Crippen LogP contribution in [0.3, 0.4) is 0 Å². The molecule has 1 heterocycles. The number of methoxy groups -OCH3 is 1. The third kappa shape index (κ3) is 4.58. The summed E-state index contributed by atoms with van der Waals surface area (Å²) in [5, 5.41) is 0. The van der Waals surface area contributed by atoms with Gasteiger partial charge in [-0.25, -0.2) is 13.2 Å². The Labute approximate surface area is 187 Å². The summed E-state index contributed by atoms with van der Waals surface area (Å²) in [5.74, 6) is -1.94. The molecule has 32 heavy (non-hydrogen) atoms. The molecule has 0 saturated carbocycles. The van der Waals surface area contributed by atoms with Crippen molar-refractivity contribution in [2.45, 2.75) is 19.8 Å². The van der Waals surface area contributed by atoms with Gasteiger partial charge in [-0.2, -0.15) is 0 Å². The minimum atomic E-state index is -1.11. The van der Waals surface area contributed by atoms with Crippen LogP contribution in [0.25, 0.3) is 16.7 Å². The summed E-state index contributed by atoms with van der Waals surface area (Å²) in [4.78, 5) is 2.27. The first kappa shape index (κ1) is 22.2. The van der Waals surface area contributed by atoms with Crippen molar-refractivity contribution in [2.75, 3.05) is 26.7 Å². The second kappa shape index (κ2) is 9.61. The Balaban J connectivity index is 1.46. The summed E-state index contributed by atoms with van der Waals surface area (Å²) in [6, 6.07) is 17.4. The SMILES string of the molecule is COc1ccc(-c2ccccc2)cc1CCN1CC=C(c2cc(F)c(F)c(C)c2F)CC1. The van der Waals surface area contributed by atoms with E-state index in [9.17, 15) is 13.2 Å². The van der Waals surface area contributed by atoms with Gasteiger partial charge in [0.2, 0.25) is 0 Å². The molecule has 0 unspecified atom stereocenters. The highest BCUT2D eigenvalue weighted by Gasteiger charge is 2.21. The van der Waals surface area contributed by atoms with E-state index < -0.39 is 17.5 Å². The average molecular weight is 438 g/mol. The molecule has 2 nitrogen and oxygen atoms in total. The van der Waals surface area contributed by atoms with Gasteiger partial charge in [0, 0.05) is 30.8 Å². The van der Waals surface area contributed by atoms with Crippen LogP contribution in [0.4, 0.5) is 13.2 Å². The molecule has 3 aromatic carbocycles. The van der Waals surface area contributed by atoms with Crippen molar-refractivity contribution in [3.8, 4) is 16.9 Å². The van der Waals surface area contributed by atoms with Gasteiger partial charge >= 0.3 is 0 Å². The van der Waals surface area contributed by atoms with Gasteiger partial charge in [0.1, 0.15) is 11.6 Å². The van der Waals surface area contributed by atoms with Gasteiger partial charge < -0.3 is 4.74 Å². The van der Waals surface area contributed by atoms with Crippen molar-refractivity contribution >= 4 is 5.57 Å². The number of hydrogen-bond acceptors (Lipinski definition) is 2. The van der Waals surface area contributed by atoms with Gasteiger partial charge in [-0.15, -0.1) is 0 Å². The molecule has 4 rings (SSSR count). The Kier molecular flexibility index (Phi) is 6.66. The molecule has 0 radical (unpaired) electrons. The van der Waals surface area contributed by atoms with Gasteiger partial charge in [-0.05, 0) is 60.2 Å². The van der Waals surface area contributed by atoms with E-state index in [-0.39, 0.29) is 11.1 Å². The molecule has 0 aromatic heterocycles. The van der Waals surface area contributed by atoms with Crippen LogP contribution in [-0.4, -0.2) is 31.6 Å². The van der Waals surface area contributed by atoms with Gasteiger partial charge in [-0.1, -0.05) is 42.5 Å². The highest BCUT2D eigenvalue weighted by atomic mass is 19.2. The van der Waals surface area contributed by atoms with E-state index in [1.165, 1.54) is 6.92 Å². The van der Waals surface area contributed by atoms with Gasteiger partial charge in [0.15, 0.2) is 11.6 Å². The number of nitrogens with zero attached hydrogens (tertiary/aromatic N) is 1. The third-order valence-electron chi connectivity index (χ3n) is 6.10. The van der Waals surface area contributed by atoms with Crippen molar-refractivity contribution in [3.05, 3.63) is 94.8 Å². The van der Waals surface area contributed by atoms with Crippen molar-refractivity contribution < 1.29 is 17.9 Å². The zero-order chi connectivity index (χ0) is 22.7. The summed E-state index contributed by atoms with van der Waals surface area (Å²) in [5.41, 5.74) is 4.06. The molecule has 0 aliphatic carbocycles. The topological polar surface area (TPSA) is 12.5 Å². The van der Waals surface area contributed by atoms with Crippen molar-refractivity contribution in [1.82, 2.24) is 4.90 Å². The lowest BCUT2D eigenvalue weighted by molar-refractivity contribution is 0.303. The largest absolute Gasteiger partial charge is 0.496 e. The van der Waals surface area contributed by atoms with Gasteiger partial charge in [0.25, 0.3) is 0 Å². The maximum atomic E-state index is 14.5. The van der Waals surface area contributed by atoms with Crippen LogP contribution in [0.1, 0.15) is 23.1 Å². The van der Waals surface area contributed by atoms with Crippen LogP contribution in [0.5, 0.6) is 5.75 Å². The van der Waals surface area contributed by atoms with Gasteiger partial charge in [-0.3, -0.25) is 4.90 Å². The van der Waals surface area contributed by atoms with Crippen LogP contribution < -0.4 is 4.74 Å². The fourth-order valence-corrected chi connectivity index (χ4v) is 4.19. The highest BCUT2D eigenvalue weighted by molar-refractivity contribution is 5.68. The number of benzene rings is 3. The molecule has 0 saturated heterocycles. The number of rotatable bonds is 6. The highest BCUT2D eigenvalue weighted by Crippen LogP contribution is 2.30. The molecule has 1 aliphatic heterocycles. The Morgan fingerprint density at radius 2 is 1.72 bits per heavy atom. The second-order valence-electron chi connectivity index (χ2n) is 8.08. The van der Waals surface area contributed by atoms with E-state index in [1.54, 1.807) is 7.11 Å². The molecule has 0 spiro atoms. The summed E-state index contributed by atoms with van der Waals surface area (Å²) in [7, 11) is 1.68. The second-order valence-corrected chi connectivity index (χ2v) is 8.08. The van der Waals surface area contributed by atoms with Crippen molar-refractivity contribution in [1.29, 1.82) is 0 Å². The van der Waals surface area contributed by atoms with E-state index in [1.807, 2.05) is 30.3 Å². The van der Waals surface area contributed by atoms with Crippen molar-refractivity contribution in [3.63, 3.8) is 0 Å². The van der Waals surface area contributed by atoms with E-state index >= 15 is 0 Å². The molecule has 1 aliphatic rings. The summed E-state index contributed by atoms with van der Waals surface area (Å²) < 4.78 is 47.4. The number of halogens is 3. The van der Waals surface area contributed by atoms with Crippen LogP contribution in [0.15, 0.2) is 60.7 Å². The fraction of sp³-hybridized carbons (Fsp3) is 0.259. The van der Waals surface area contributed by atoms with Crippen LogP contribution in [-0.2, 0) is 6.42 Å². The number of ether oxygens (including phenoxy) is 1. The van der Waals surface area contributed by atoms with Crippen LogP contribution >= 0.6 is 0 Å². The summed E-state index contributed by atoms with van der Waals surface area (Å²) >= 11 is 0. The molecule has 0 bridgehead atoms. The Bertz CT molecular complexity index is 1140. The van der Waals surface area contributed by atoms with Crippen molar-refractivity contribution in [2.24, 2.45) is 0 Å². The zero-order valence-corrected chi connectivity index (χ0v) is 18.3. The molecular weight excluding hydrogens is 411 g/mol. The molecule has 166 valence electrons.